The minimum Gasteiger partial charge on any atom is -0.429 e. The molecule has 0 aliphatic heterocycles. The van der Waals surface area contributed by atoms with E-state index in [0.29, 0.717) is 0 Å². The van der Waals surface area contributed by atoms with Crippen LogP contribution in [0.15, 0.2) is 35.0 Å². The van der Waals surface area contributed by atoms with Crippen LogP contribution in [0.1, 0.15) is 9.75 Å². The molecule has 0 fully saturated rings. The van der Waals surface area contributed by atoms with E-state index in [1.54, 1.807) is 22.7 Å². The lowest BCUT2D eigenvalue weighted by molar-refractivity contribution is 0.0460. The van der Waals surface area contributed by atoms with E-state index >= 15 is 0 Å². The van der Waals surface area contributed by atoms with Crippen molar-refractivity contribution in [1.82, 2.24) is 0 Å². The molecule has 0 aliphatic carbocycles. The fraction of sp³-hybridized carbons (Fsp3) is 0.182. The van der Waals surface area contributed by atoms with Gasteiger partial charge in [0.15, 0.2) is 0 Å². The number of carbonyl (C=O) groups is 1. The largest absolute Gasteiger partial charge is 0.508 e. The average Bonchev–Trinajstić information content (AvgIpc) is 2.96. The lowest BCUT2D eigenvalue weighted by Gasteiger charge is -2.03. The third kappa shape index (κ3) is 3.36. The van der Waals surface area contributed by atoms with Gasteiger partial charge in [-0.25, -0.2) is 4.79 Å². The van der Waals surface area contributed by atoms with Crippen LogP contribution < -0.4 is 0 Å². The van der Waals surface area contributed by atoms with Gasteiger partial charge >= 0.3 is 6.16 Å². The van der Waals surface area contributed by atoms with Crippen molar-refractivity contribution in [2.24, 2.45) is 0 Å². The Bertz CT molecular complexity index is 380. The standard InChI is InChI=1S/C11H10O3S2/c12-11(13-7-9-3-1-5-15-9)14-8-10-4-2-6-16-10/h1-6H,7-8H2. The van der Waals surface area contributed by atoms with Gasteiger partial charge in [0, 0.05) is 9.75 Å². The Morgan fingerprint density at radius 1 is 1.00 bits per heavy atom. The Morgan fingerprint density at radius 3 is 1.88 bits per heavy atom. The molecule has 0 aliphatic rings. The Kier molecular flexibility index (Phi) is 3.96. The van der Waals surface area contributed by atoms with Crippen molar-refractivity contribution in [2.45, 2.75) is 13.2 Å². The number of hydrogen-bond acceptors (Lipinski definition) is 5. The van der Waals surface area contributed by atoms with Gasteiger partial charge in [0.05, 0.1) is 0 Å². The van der Waals surface area contributed by atoms with Crippen LogP contribution in [0, 0.1) is 0 Å². The van der Waals surface area contributed by atoms with Gasteiger partial charge in [-0.2, -0.15) is 0 Å². The molecule has 2 aromatic heterocycles. The van der Waals surface area contributed by atoms with Gasteiger partial charge in [-0.3, -0.25) is 0 Å². The van der Waals surface area contributed by atoms with Crippen LogP contribution in [0.5, 0.6) is 0 Å². The maximum Gasteiger partial charge on any atom is 0.508 e. The monoisotopic (exact) mass is 254 g/mol. The van der Waals surface area contributed by atoms with Crippen LogP contribution in [-0.4, -0.2) is 6.16 Å². The third-order valence-corrected chi connectivity index (χ3v) is 3.52. The first kappa shape index (κ1) is 11.2. The molecule has 0 bridgehead atoms. The molecule has 0 N–H and O–H groups in total. The SMILES string of the molecule is O=C(OCc1cccs1)OCc1cccs1. The normalized spacial score (nSPS) is 10.0. The minimum absolute atomic E-state index is 0.279. The molecule has 2 rings (SSSR count). The maximum absolute atomic E-state index is 11.2. The smallest absolute Gasteiger partial charge is 0.429 e. The predicted molar refractivity (Wildman–Crippen MR) is 63.6 cm³/mol. The molecule has 84 valence electrons. The molecule has 3 nitrogen and oxygen atoms in total. The number of ether oxygens (including phenoxy) is 2. The lowest BCUT2D eigenvalue weighted by atomic mass is 10.5. The third-order valence-electron chi connectivity index (χ3n) is 1.82. The van der Waals surface area contributed by atoms with E-state index in [4.69, 9.17) is 9.47 Å². The van der Waals surface area contributed by atoms with Crippen LogP contribution in [0.25, 0.3) is 0 Å². The molecule has 16 heavy (non-hydrogen) atoms. The molecule has 0 radical (unpaired) electrons. The van der Waals surface area contributed by atoms with Crippen molar-refractivity contribution in [3.63, 3.8) is 0 Å². The second kappa shape index (κ2) is 5.67. The highest BCUT2D eigenvalue weighted by atomic mass is 32.1. The Hall–Kier alpha value is -1.33. The van der Waals surface area contributed by atoms with Crippen LogP contribution >= 0.6 is 22.7 Å². The summed E-state index contributed by atoms with van der Waals surface area (Å²) in [6.45, 7) is 0.557. The highest BCUT2D eigenvalue weighted by Gasteiger charge is 2.05. The number of carbonyl (C=O) groups excluding carboxylic acids is 1. The summed E-state index contributed by atoms with van der Waals surface area (Å²) in [4.78, 5) is 13.2. The van der Waals surface area contributed by atoms with E-state index in [0.717, 1.165) is 9.75 Å². The van der Waals surface area contributed by atoms with Gasteiger partial charge in [0.1, 0.15) is 13.2 Å². The lowest BCUT2D eigenvalue weighted by Crippen LogP contribution is -2.06. The minimum atomic E-state index is -0.623. The number of thiophene rings is 2. The van der Waals surface area contributed by atoms with E-state index in [1.807, 2.05) is 35.0 Å². The second-order valence-corrected chi connectivity index (χ2v) is 5.05. The van der Waals surface area contributed by atoms with Crippen LogP contribution in [0.2, 0.25) is 0 Å². The summed E-state index contributed by atoms with van der Waals surface area (Å²) in [5, 5.41) is 3.88. The molecule has 0 amide bonds. The van der Waals surface area contributed by atoms with Gasteiger partial charge in [-0.05, 0) is 22.9 Å². The van der Waals surface area contributed by atoms with Gasteiger partial charge < -0.3 is 9.47 Å². The zero-order valence-electron chi connectivity index (χ0n) is 8.42. The van der Waals surface area contributed by atoms with Crippen molar-refractivity contribution in [2.75, 3.05) is 0 Å². The van der Waals surface area contributed by atoms with Gasteiger partial charge in [-0.15, -0.1) is 22.7 Å². The summed E-state index contributed by atoms with van der Waals surface area (Å²) in [6, 6.07) is 7.66. The van der Waals surface area contributed by atoms with Crippen LogP contribution in [0.4, 0.5) is 4.79 Å². The maximum atomic E-state index is 11.2. The van der Waals surface area contributed by atoms with Crippen molar-refractivity contribution in [1.29, 1.82) is 0 Å². The van der Waals surface area contributed by atoms with Crippen molar-refractivity contribution < 1.29 is 14.3 Å². The van der Waals surface area contributed by atoms with E-state index in [2.05, 4.69) is 0 Å². The van der Waals surface area contributed by atoms with Crippen molar-refractivity contribution in [3.8, 4) is 0 Å². The summed E-state index contributed by atoms with van der Waals surface area (Å²) in [5.41, 5.74) is 0. The quantitative estimate of drug-likeness (QED) is 0.781. The van der Waals surface area contributed by atoms with Gasteiger partial charge in [-0.1, -0.05) is 12.1 Å². The Labute approximate surface area is 101 Å². The molecule has 0 saturated heterocycles. The summed E-state index contributed by atoms with van der Waals surface area (Å²) >= 11 is 3.10. The highest BCUT2D eigenvalue weighted by molar-refractivity contribution is 7.10. The number of hydrogen-bond donors (Lipinski definition) is 0. The summed E-state index contributed by atoms with van der Waals surface area (Å²) in [6.07, 6.45) is -0.623. The van der Waals surface area contributed by atoms with Crippen molar-refractivity contribution >= 4 is 28.8 Å². The zero-order chi connectivity index (χ0) is 11.2. The highest BCUT2D eigenvalue weighted by Crippen LogP contribution is 2.12. The molecule has 0 spiro atoms. The second-order valence-electron chi connectivity index (χ2n) is 2.99. The average molecular weight is 254 g/mol. The molecule has 0 aromatic carbocycles. The van der Waals surface area contributed by atoms with E-state index in [1.165, 1.54) is 0 Å². The molecule has 2 aromatic rings. The van der Waals surface area contributed by atoms with E-state index < -0.39 is 6.16 Å². The molecule has 5 heteroatoms. The Morgan fingerprint density at radius 2 is 1.50 bits per heavy atom. The first-order valence-electron chi connectivity index (χ1n) is 4.69. The topological polar surface area (TPSA) is 35.5 Å². The first-order chi connectivity index (χ1) is 7.84. The van der Waals surface area contributed by atoms with Gasteiger partial charge in [0.2, 0.25) is 0 Å². The summed E-state index contributed by atoms with van der Waals surface area (Å²) in [5.74, 6) is 0. The molecule has 0 atom stereocenters. The summed E-state index contributed by atoms with van der Waals surface area (Å²) < 4.78 is 9.88. The molecule has 0 saturated carbocycles. The molecular weight excluding hydrogens is 244 g/mol. The molecular formula is C11H10O3S2. The van der Waals surface area contributed by atoms with Crippen LogP contribution in [-0.2, 0) is 22.7 Å². The molecule has 0 unspecified atom stereocenters. The fourth-order valence-corrected chi connectivity index (χ4v) is 2.32. The predicted octanol–water partition coefficient (Wildman–Crippen LogP) is 3.66. The summed E-state index contributed by atoms with van der Waals surface area (Å²) in [7, 11) is 0. The fourth-order valence-electron chi connectivity index (χ4n) is 1.09. The van der Waals surface area contributed by atoms with E-state index in [-0.39, 0.29) is 13.2 Å². The molecule has 2 heterocycles. The Balaban J connectivity index is 1.69. The van der Waals surface area contributed by atoms with Gasteiger partial charge in [0.25, 0.3) is 0 Å². The number of rotatable bonds is 4. The zero-order valence-corrected chi connectivity index (χ0v) is 10.1. The van der Waals surface area contributed by atoms with Crippen LogP contribution in [0.3, 0.4) is 0 Å². The van der Waals surface area contributed by atoms with Crippen molar-refractivity contribution in [3.05, 3.63) is 44.8 Å². The van der Waals surface area contributed by atoms with E-state index in [9.17, 15) is 4.79 Å². The first-order valence-corrected chi connectivity index (χ1v) is 6.45.